The summed E-state index contributed by atoms with van der Waals surface area (Å²) in [7, 11) is 0. The molecule has 78 valence electrons. The average Bonchev–Trinajstić information content (AvgIpc) is 2.50. The van der Waals surface area contributed by atoms with Crippen molar-refractivity contribution in [3.05, 3.63) is 58.7 Å². The minimum atomic E-state index is 0.881. The Balaban J connectivity index is 2.11. The minimum absolute atomic E-state index is 0.881. The molecule has 0 unspecified atom stereocenters. The quantitative estimate of drug-likeness (QED) is 0.683. The van der Waals surface area contributed by atoms with Crippen LogP contribution >= 0.6 is 11.6 Å². The lowest BCUT2D eigenvalue weighted by molar-refractivity contribution is 0.819. The zero-order valence-corrected chi connectivity index (χ0v) is 9.50. The van der Waals surface area contributed by atoms with E-state index in [9.17, 15) is 0 Å². The van der Waals surface area contributed by atoms with Crippen LogP contribution in [-0.2, 0) is 6.42 Å². The molecular formula is C14H15Cl. The molecule has 2 rings (SSSR count). The molecule has 0 bridgehead atoms. The molecule has 0 aliphatic heterocycles. The smallest absolute Gasteiger partial charge is 0.0441 e. The van der Waals surface area contributed by atoms with Crippen LogP contribution in [0, 0.1) is 0 Å². The molecule has 0 N–H and O–H groups in total. The van der Waals surface area contributed by atoms with Crippen molar-refractivity contribution < 1.29 is 0 Å². The van der Waals surface area contributed by atoms with Crippen molar-refractivity contribution >= 4 is 11.6 Å². The molecule has 15 heavy (non-hydrogen) atoms. The van der Waals surface area contributed by atoms with Gasteiger partial charge in [0.05, 0.1) is 0 Å². The van der Waals surface area contributed by atoms with Crippen molar-refractivity contribution in [3.8, 4) is 0 Å². The Bertz CT molecular complexity index is 388. The number of halogens is 1. The molecule has 0 fully saturated rings. The maximum atomic E-state index is 6.14. The molecule has 1 aliphatic carbocycles. The summed E-state index contributed by atoms with van der Waals surface area (Å²) in [5.41, 5.74) is 2.72. The van der Waals surface area contributed by atoms with Crippen molar-refractivity contribution in [3.63, 3.8) is 0 Å². The van der Waals surface area contributed by atoms with E-state index in [2.05, 4.69) is 24.3 Å². The molecule has 0 radical (unpaired) electrons. The highest BCUT2D eigenvalue weighted by atomic mass is 35.5. The van der Waals surface area contributed by atoms with Gasteiger partial charge < -0.3 is 0 Å². The van der Waals surface area contributed by atoms with Crippen molar-refractivity contribution in [2.24, 2.45) is 0 Å². The summed E-state index contributed by atoms with van der Waals surface area (Å²) in [6.07, 6.45) is 11.3. The van der Waals surface area contributed by atoms with Crippen molar-refractivity contribution in [1.82, 2.24) is 0 Å². The van der Waals surface area contributed by atoms with E-state index in [0.29, 0.717) is 0 Å². The van der Waals surface area contributed by atoms with E-state index in [1.807, 2.05) is 18.2 Å². The summed E-state index contributed by atoms with van der Waals surface area (Å²) < 4.78 is 0. The first-order valence-electron chi connectivity index (χ1n) is 5.44. The fourth-order valence-corrected chi connectivity index (χ4v) is 2.07. The molecule has 0 aromatic heterocycles. The molecule has 0 spiro atoms. The second kappa shape index (κ2) is 5.18. The van der Waals surface area contributed by atoms with Crippen LogP contribution in [0.1, 0.15) is 24.8 Å². The van der Waals surface area contributed by atoms with Gasteiger partial charge in [0.2, 0.25) is 0 Å². The van der Waals surface area contributed by atoms with Crippen LogP contribution in [0.2, 0.25) is 5.02 Å². The topological polar surface area (TPSA) is 0 Å². The van der Waals surface area contributed by atoms with E-state index in [1.54, 1.807) is 0 Å². The Morgan fingerprint density at radius 3 is 2.93 bits per heavy atom. The second-order valence-corrected chi connectivity index (χ2v) is 4.32. The van der Waals surface area contributed by atoms with E-state index in [1.165, 1.54) is 30.4 Å². The lowest BCUT2D eigenvalue weighted by atomic mass is 10.0. The summed E-state index contributed by atoms with van der Waals surface area (Å²) in [6, 6.07) is 8.10. The SMILES string of the molecule is Clc1ccccc1CC1=CC=CCCC1. The van der Waals surface area contributed by atoms with Crippen LogP contribution in [0.15, 0.2) is 48.1 Å². The van der Waals surface area contributed by atoms with Crippen LogP contribution in [0.4, 0.5) is 0 Å². The molecule has 1 heteroatoms. The first kappa shape index (κ1) is 10.5. The molecule has 1 aliphatic rings. The summed E-state index contributed by atoms with van der Waals surface area (Å²) in [4.78, 5) is 0. The molecule has 0 saturated heterocycles. The van der Waals surface area contributed by atoms with Gasteiger partial charge in [0, 0.05) is 5.02 Å². The predicted octanol–water partition coefficient (Wildman–Crippen LogP) is 4.55. The largest absolute Gasteiger partial charge is 0.0845 e. The van der Waals surface area contributed by atoms with E-state index in [-0.39, 0.29) is 0 Å². The maximum absolute atomic E-state index is 6.14. The number of rotatable bonds is 2. The van der Waals surface area contributed by atoms with Crippen molar-refractivity contribution in [2.45, 2.75) is 25.7 Å². The van der Waals surface area contributed by atoms with E-state index >= 15 is 0 Å². The summed E-state index contributed by atoms with van der Waals surface area (Å²) in [5, 5.41) is 0.881. The van der Waals surface area contributed by atoms with E-state index in [0.717, 1.165) is 11.4 Å². The lowest BCUT2D eigenvalue weighted by Gasteiger charge is -2.06. The molecule has 0 saturated carbocycles. The Kier molecular flexibility index (Phi) is 3.63. The van der Waals surface area contributed by atoms with Crippen LogP contribution < -0.4 is 0 Å². The van der Waals surface area contributed by atoms with Gasteiger partial charge in [-0.05, 0) is 37.3 Å². The van der Waals surface area contributed by atoms with E-state index < -0.39 is 0 Å². The second-order valence-electron chi connectivity index (χ2n) is 3.91. The van der Waals surface area contributed by atoms with Gasteiger partial charge >= 0.3 is 0 Å². The molecule has 1 aromatic rings. The highest BCUT2D eigenvalue weighted by Crippen LogP contribution is 2.22. The average molecular weight is 219 g/mol. The van der Waals surface area contributed by atoms with Gasteiger partial charge in [-0.3, -0.25) is 0 Å². The Labute approximate surface area is 96.3 Å². The van der Waals surface area contributed by atoms with Crippen LogP contribution in [-0.4, -0.2) is 0 Å². The normalized spacial score (nSPS) is 15.9. The molecule has 0 atom stereocenters. The highest BCUT2D eigenvalue weighted by molar-refractivity contribution is 6.31. The third-order valence-electron chi connectivity index (χ3n) is 2.71. The first-order valence-corrected chi connectivity index (χ1v) is 5.82. The van der Waals surface area contributed by atoms with Gasteiger partial charge in [0.1, 0.15) is 0 Å². The fraction of sp³-hybridized carbons (Fsp3) is 0.286. The Morgan fingerprint density at radius 1 is 1.20 bits per heavy atom. The zero-order valence-electron chi connectivity index (χ0n) is 8.75. The molecule has 0 amide bonds. The van der Waals surface area contributed by atoms with E-state index in [4.69, 9.17) is 11.6 Å². The Morgan fingerprint density at radius 2 is 2.07 bits per heavy atom. The van der Waals surface area contributed by atoms with Crippen molar-refractivity contribution in [1.29, 1.82) is 0 Å². The van der Waals surface area contributed by atoms with Gasteiger partial charge in [-0.1, -0.05) is 53.6 Å². The van der Waals surface area contributed by atoms with Gasteiger partial charge in [0.15, 0.2) is 0 Å². The van der Waals surface area contributed by atoms with Gasteiger partial charge in [-0.25, -0.2) is 0 Å². The van der Waals surface area contributed by atoms with Crippen LogP contribution in [0.5, 0.6) is 0 Å². The highest BCUT2D eigenvalue weighted by Gasteiger charge is 2.04. The Hall–Kier alpha value is -1.01. The van der Waals surface area contributed by atoms with Gasteiger partial charge in [-0.2, -0.15) is 0 Å². The number of hydrogen-bond donors (Lipinski definition) is 0. The third kappa shape index (κ3) is 2.97. The summed E-state index contributed by atoms with van der Waals surface area (Å²) in [5.74, 6) is 0. The zero-order chi connectivity index (χ0) is 10.5. The monoisotopic (exact) mass is 218 g/mol. The predicted molar refractivity (Wildman–Crippen MR) is 66.2 cm³/mol. The lowest BCUT2D eigenvalue weighted by Crippen LogP contribution is -1.91. The van der Waals surface area contributed by atoms with Gasteiger partial charge in [-0.15, -0.1) is 0 Å². The van der Waals surface area contributed by atoms with Crippen LogP contribution in [0.25, 0.3) is 0 Å². The van der Waals surface area contributed by atoms with Gasteiger partial charge in [0.25, 0.3) is 0 Å². The standard InChI is InChI=1S/C14H15Cl/c15-14-10-6-5-9-13(14)11-12-7-3-1-2-4-8-12/h1,3,5-7,9-10H,2,4,8,11H2. The number of hydrogen-bond acceptors (Lipinski definition) is 0. The number of benzene rings is 1. The molecule has 0 nitrogen and oxygen atoms in total. The summed E-state index contributed by atoms with van der Waals surface area (Å²) in [6.45, 7) is 0. The third-order valence-corrected chi connectivity index (χ3v) is 3.08. The van der Waals surface area contributed by atoms with Crippen molar-refractivity contribution in [2.75, 3.05) is 0 Å². The number of allylic oxidation sites excluding steroid dienone is 4. The first-order chi connectivity index (χ1) is 7.36. The fourth-order valence-electron chi connectivity index (χ4n) is 1.86. The summed E-state index contributed by atoms with van der Waals surface area (Å²) >= 11 is 6.14. The maximum Gasteiger partial charge on any atom is 0.0441 e. The molecular weight excluding hydrogens is 204 g/mol. The minimum Gasteiger partial charge on any atom is -0.0845 e. The molecule has 1 aromatic carbocycles. The molecule has 0 heterocycles. The van der Waals surface area contributed by atoms with Crippen LogP contribution in [0.3, 0.4) is 0 Å².